The number of esters is 1. The average Bonchev–Trinajstić information content (AvgIpc) is 3.03. The highest BCUT2D eigenvalue weighted by atomic mass is 35.5. The summed E-state index contributed by atoms with van der Waals surface area (Å²) >= 11 is 13.2. The van der Waals surface area contributed by atoms with Crippen LogP contribution in [0.5, 0.6) is 5.75 Å². The van der Waals surface area contributed by atoms with Crippen molar-refractivity contribution < 1.29 is 32.3 Å². The monoisotopic (exact) mass is 757 g/mol. The molecule has 2 aliphatic rings. The highest BCUT2D eigenvalue weighted by Crippen LogP contribution is 2.48. The number of nitrogens with zero attached hydrogens (tertiary/aromatic N) is 1. The quantitative estimate of drug-likeness (QED) is 0.211. The summed E-state index contributed by atoms with van der Waals surface area (Å²) in [6, 6.07) is 17.1. The fraction of sp³-hybridized carbons (Fsp3) is 0.447. The Morgan fingerprint density at radius 3 is 2.33 bits per heavy atom. The standard InChI is InChI=1S/C38H45Cl2N3O7S/c1-23(20-24-14-17-26(18-15-24)49-22-33(44)50-38(2,3)4)41-36(45)34-27-10-6-7-11-28(27)37(46)43(35(34)29-19-16-25(39)21-30(29)40)32-13-9-8-12-31(32)42-51(5,47)48/h6-7,10-11,14-19,21,23,31-32,34-35,42H,8-9,12-13,20,22H2,1-5H3,(H,41,45)/t23?,31-,32-,34+,35-/m0/s1. The average molecular weight is 759 g/mol. The van der Waals surface area contributed by atoms with Crippen LogP contribution in [0.15, 0.2) is 66.7 Å². The number of sulfonamides is 1. The lowest BCUT2D eigenvalue weighted by Gasteiger charge is -2.49. The Hall–Kier alpha value is -3.64. The van der Waals surface area contributed by atoms with Gasteiger partial charge in [-0.2, -0.15) is 0 Å². The number of hydrogen-bond donors (Lipinski definition) is 2. The summed E-state index contributed by atoms with van der Waals surface area (Å²) in [5.41, 5.74) is 1.82. The van der Waals surface area contributed by atoms with Crippen molar-refractivity contribution in [1.82, 2.24) is 14.9 Å². The normalized spacial score (nSPS) is 21.4. The third kappa shape index (κ3) is 9.83. The second-order valence-corrected chi connectivity index (χ2v) is 17.0. The lowest BCUT2D eigenvalue weighted by Crippen LogP contribution is -2.59. The number of ether oxygens (including phenoxy) is 2. The molecule has 1 unspecified atom stereocenters. The molecule has 5 rings (SSSR count). The van der Waals surface area contributed by atoms with Crippen molar-refractivity contribution in [3.8, 4) is 5.75 Å². The highest BCUT2D eigenvalue weighted by Gasteiger charge is 2.49. The molecule has 1 aliphatic heterocycles. The van der Waals surface area contributed by atoms with Gasteiger partial charge in [-0.05, 0) is 94.0 Å². The summed E-state index contributed by atoms with van der Waals surface area (Å²) in [6.07, 6.45) is 4.28. The number of hydrogen-bond acceptors (Lipinski definition) is 7. The Labute approximate surface area is 310 Å². The van der Waals surface area contributed by atoms with Crippen molar-refractivity contribution in [2.75, 3.05) is 12.9 Å². The first-order valence-corrected chi connectivity index (χ1v) is 19.7. The number of amides is 2. The zero-order valence-corrected chi connectivity index (χ0v) is 31.8. The van der Waals surface area contributed by atoms with E-state index in [0.717, 1.165) is 24.7 Å². The van der Waals surface area contributed by atoms with Gasteiger partial charge in [0.05, 0.1) is 18.2 Å². The van der Waals surface area contributed by atoms with Crippen molar-refractivity contribution in [3.63, 3.8) is 0 Å². The Bertz CT molecular complexity index is 1860. The lowest BCUT2D eigenvalue weighted by atomic mass is 9.76. The Morgan fingerprint density at radius 1 is 0.980 bits per heavy atom. The maximum Gasteiger partial charge on any atom is 0.344 e. The highest BCUT2D eigenvalue weighted by molar-refractivity contribution is 7.88. The van der Waals surface area contributed by atoms with Crippen LogP contribution in [-0.2, 0) is 30.8 Å². The molecule has 274 valence electrons. The number of rotatable bonds is 11. The molecule has 0 bridgehead atoms. The van der Waals surface area contributed by atoms with Gasteiger partial charge < -0.3 is 19.7 Å². The second kappa shape index (κ2) is 15.9. The van der Waals surface area contributed by atoms with Crippen LogP contribution >= 0.6 is 23.2 Å². The number of halogens is 2. The van der Waals surface area contributed by atoms with E-state index in [-0.39, 0.29) is 24.5 Å². The van der Waals surface area contributed by atoms with Gasteiger partial charge in [-0.1, -0.05) is 72.4 Å². The minimum Gasteiger partial charge on any atom is -0.482 e. The van der Waals surface area contributed by atoms with Crippen LogP contribution in [0.3, 0.4) is 0 Å². The zero-order chi connectivity index (χ0) is 37.1. The van der Waals surface area contributed by atoms with E-state index in [1.54, 1.807) is 80.3 Å². The maximum absolute atomic E-state index is 14.6. The van der Waals surface area contributed by atoms with Crippen LogP contribution in [0.4, 0.5) is 0 Å². The molecule has 1 aliphatic carbocycles. The van der Waals surface area contributed by atoms with Crippen LogP contribution in [0.2, 0.25) is 10.0 Å². The first-order chi connectivity index (χ1) is 24.0. The van der Waals surface area contributed by atoms with E-state index < -0.39 is 45.6 Å². The van der Waals surface area contributed by atoms with Gasteiger partial charge in [0.15, 0.2) is 6.61 Å². The fourth-order valence-electron chi connectivity index (χ4n) is 7.10. The van der Waals surface area contributed by atoms with Gasteiger partial charge in [-0.25, -0.2) is 17.9 Å². The molecule has 1 heterocycles. The van der Waals surface area contributed by atoms with Crippen molar-refractivity contribution in [3.05, 3.63) is 99.0 Å². The molecule has 10 nitrogen and oxygen atoms in total. The van der Waals surface area contributed by atoms with Crippen molar-refractivity contribution >= 4 is 51.0 Å². The molecular formula is C38H45Cl2N3O7S. The third-order valence-corrected chi connectivity index (χ3v) is 10.3. The first kappa shape index (κ1) is 38.6. The van der Waals surface area contributed by atoms with E-state index in [2.05, 4.69) is 10.0 Å². The number of nitrogens with one attached hydrogen (secondary N) is 2. The summed E-state index contributed by atoms with van der Waals surface area (Å²) in [5.74, 6) is -1.41. The van der Waals surface area contributed by atoms with Crippen LogP contribution in [0, 0.1) is 0 Å². The van der Waals surface area contributed by atoms with Crippen molar-refractivity contribution in [1.29, 1.82) is 0 Å². The molecular weight excluding hydrogens is 713 g/mol. The minimum absolute atomic E-state index is 0.212. The Balaban J connectivity index is 1.44. The molecule has 1 fully saturated rings. The van der Waals surface area contributed by atoms with Crippen LogP contribution in [0.1, 0.15) is 92.4 Å². The fourth-order valence-corrected chi connectivity index (χ4v) is 8.45. The molecule has 0 aromatic heterocycles. The van der Waals surface area contributed by atoms with E-state index >= 15 is 0 Å². The van der Waals surface area contributed by atoms with E-state index in [1.807, 2.05) is 19.1 Å². The van der Waals surface area contributed by atoms with Crippen LogP contribution < -0.4 is 14.8 Å². The summed E-state index contributed by atoms with van der Waals surface area (Å²) in [6.45, 7) is 7.07. The van der Waals surface area contributed by atoms with Gasteiger partial charge in [-0.3, -0.25) is 9.59 Å². The number of benzene rings is 3. The van der Waals surface area contributed by atoms with Crippen molar-refractivity contribution in [2.24, 2.45) is 0 Å². The van der Waals surface area contributed by atoms with Crippen molar-refractivity contribution in [2.45, 2.75) is 95.5 Å². The Morgan fingerprint density at radius 2 is 1.67 bits per heavy atom. The largest absolute Gasteiger partial charge is 0.482 e. The molecule has 0 spiro atoms. The van der Waals surface area contributed by atoms with Gasteiger partial charge in [0.2, 0.25) is 15.9 Å². The van der Waals surface area contributed by atoms with Gasteiger partial charge in [-0.15, -0.1) is 0 Å². The second-order valence-electron chi connectivity index (χ2n) is 14.4. The molecule has 51 heavy (non-hydrogen) atoms. The van der Waals surface area contributed by atoms with Crippen LogP contribution in [0.25, 0.3) is 0 Å². The minimum atomic E-state index is -3.60. The molecule has 2 amide bonds. The van der Waals surface area contributed by atoms with Gasteiger partial charge in [0.25, 0.3) is 5.91 Å². The predicted octanol–water partition coefficient (Wildman–Crippen LogP) is 6.60. The van der Waals surface area contributed by atoms with E-state index in [1.165, 1.54) is 0 Å². The van der Waals surface area contributed by atoms with Gasteiger partial charge in [0.1, 0.15) is 11.4 Å². The maximum atomic E-state index is 14.6. The lowest BCUT2D eigenvalue weighted by molar-refractivity contribution is -0.157. The van der Waals surface area contributed by atoms with E-state index in [9.17, 15) is 22.8 Å². The smallest absolute Gasteiger partial charge is 0.344 e. The number of carbonyl (C=O) groups excluding carboxylic acids is 3. The topological polar surface area (TPSA) is 131 Å². The van der Waals surface area contributed by atoms with E-state index in [4.69, 9.17) is 32.7 Å². The predicted molar refractivity (Wildman–Crippen MR) is 198 cm³/mol. The Kier molecular flexibility index (Phi) is 12.1. The summed E-state index contributed by atoms with van der Waals surface area (Å²) in [5, 5.41) is 3.89. The summed E-state index contributed by atoms with van der Waals surface area (Å²) in [7, 11) is -3.60. The number of fused-ring (bicyclic) bond motifs is 1. The van der Waals surface area contributed by atoms with Gasteiger partial charge in [0, 0.05) is 33.7 Å². The number of carbonyl (C=O) groups is 3. The molecule has 13 heteroatoms. The molecule has 2 N–H and O–H groups in total. The van der Waals surface area contributed by atoms with Gasteiger partial charge >= 0.3 is 5.97 Å². The molecule has 3 aromatic rings. The molecule has 5 atom stereocenters. The molecule has 3 aromatic carbocycles. The van der Waals surface area contributed by atoms with Crippen LogP contribution in [-0.4, -0.2) is 67.7 Å². The van der Waals surface area contributed by atoms with E-state index in [0.29, 0.717) is 51.7 Å². The SMILES string of the molecule is CC(Cc1ccc(OCC(=O)OC(C)(C)C)cc1)NC(=O)[C@@H]1c2ccccc2C(=O)N([C@H]2CCCC[C@@H]2NS(C)(=O)=O)[C@H]1c1ccc(Cl)cc1Cl. The molecule has 1 saturated carbocycles. The summed E-state index contributed by atoms with van der Waals surface area (Å²) < 4.78 is 38.6. The zero-order valence-electron chi connectivity index (χ0n) is 29.4. The molecule has 0 saturated heterocycles. The first-order valence-electron chi connectivity index (χ1n) is 17.1. The summed E-state index contributed by atoms with van der Waals surface area (Å²) in [4.78, 5) is 42.8. The molecule has 0 radical (unpaired) electrons. The third-order valence-electron chi connectivity index (χ3n) is 9.02.